The molecule has 3 N–H and O–H groups in total. The van der Waals surface area contributed by atoms with E-state index in [9.17, 15) is 9.90 Å². The molecule has 7 heteroatoms. The Morgan fingerprint density at radius 1 is 1.44 bits per heavy atom. The van der Waals surface area contributed by atoms with Crippen LogP contribution in [0.1, 0.15) is 10.5 Å². The molecule has 6 nitrogen and oxygen atoms in total. The largest absolute Gasteiger partial charge is 0.505 e. The fraction of sp³-hybridized carbons (Fsp3) is 0.455. The minimum Gasteiger partial charge on any atom is -0.505 e. The van der Waals surface area contributed by atoms with Gasteiger partial charge in [0.15, 0.2) is 5.69 Å². The Kier molecular flexibility index (Phi) is 8.91. The Balaban J connectivity index is 0.00000289. The zero-order chi connectivity index (χ0) is 12.5. The molecule has 1 heterocycles. The highest BCUT2D eigenvalue weighted by molar-refractivity contribution is 5.94. The fourth-order valence-corrected chi connectivity index (χ4v) is 1.22. The van der Waals surface area contributed by atoms with E-state index >= 15 is 0 Å². The van der Waals surface area contributed by atoms with E-state index in [2.05, 4.69) is 15.6 Å². The van der Waals surface area contributed by atoms with E-state index < -0.39 is 0 Å². The molecule has 0 bridgehead atoms. The standard InChI is InChI=1S/C11H17N3O3.ClH/c1-17-8-7-12-5-6-14-11(16)10-9(15)3-2-4-13-10;/h2-4,12,15H,5-8H2,1H3,(H,14,16);1H. The number of nitrogens with zero attached hydrogens (tertiary/aromatic N) is 1. The first-order valence-electron chi connectivity index (χ1n) is 5.37. The van der Waals surface area contributed by atoms with Crippen molar-refractivity contribution < 1.29 is 14.6 Å². The number of methoxy groups -OCH3 is 1. The molecule has 0 aliphatic rings. The van der Waals surface area contributed by atoms with Gasteiger partial charge >= 0.3 is 0 Å². The summed E-state index contributed by atoms with van der Waals surface area (Å²) in [5.74, 6) is -0.492. The SMILES string of the molecule is COCCNCCNC(=O)c1ncccc1O.Cl. The smallest absolute Gasteiger partial charge is 0.273 e. The number of nitrogens with one attached hydrogen (secondary N) is 2. The van der Waals surface area contributed by atoms with Crippen molar-refractivity contribution in [2.75, 3.05) is 33.4 Å². The molecule has 0 aromatic carbocycles. The van der Waals surface area contributed by atoms with Gasteiger partial charge in [0, 0.05) is 32.9 Å². The van der Waals surface area contributed by atoms with Crippen molar-refractivity contribution >= 4 is 18.3 Å². The third-order valence-corrected chi connectivity index (χ3v) is 2.07. The lowest BCUT2D eigenvalue weighted by atomic mass is 10.3. The van der Waals surface area contributed by atoms with E-state index in [4.69, 9.17) is 4.74 Å². The number of aromatic nitrogens is 1. The van der Waals surface area contributed by atoms with Crippen LogP contribution in [0.3, 0.4) is 0 Å². The molecular weight excluding hydrogens is 258 g/mol. The van der Waals surface area contributed by atoms with Gasteiger partial charge in [-0.3, -0.25) is 4.79 Å². The van der Waals surface area contributed by atoms with E-state index in [-0.39, 0.29) is 29.8 Å². The summed E-state index contributed by atoms with van der Waals surface area (Å²) >= 11 is 0. The molecule has 1 amide bonds. The third-order valence-electron chi connectivity index (χ3n) is 2.07. The van der Waals surface area contributed by atoms with Crippen LogP contribution in [0.2, 0.25) is 0 Å². The molecule has 102 valence electrons. The van der Waals surface area contributed by atoms with Crippen molar-refractivity contribution in [2.45, 2.75) is 0 Å². The molecule has 0 fully saturated rings. The van der Waals surface area contributed by atoms with E-state index in [1.54, 1.807) is 13.2 Å². The maximum absolute atomic E-state index is 11.6. The predicted octanol–water partition coefficient (Wildman–Crippen LogP) is 0.175. The molecule has 0 unspecified atom stereocenters. The van der Waals surface area contributed by atoms with E-state index in [0.29, 0.717) is 19.7 Å². The quantitative estimate of drug-likeness (QED) is 0.618. The lowest BCUT2D eigenvalue weighted by molar-refractivity contribution is 0.0946. The highest BCUT2D eigenvalue weighted by Crippen LogP contribution is 2.11. The van der Waals surface area contributed by atoms with Crippen molar-refractivity contribution in [1.29, 1.82) is 0 Å². The van der Waals surface area contributed by atoms with Crippen molar-refractivity contribution in [3.05, 3.63) is 24.0 Å². The second-order valence-corrected chi connectivity index (χ2v) is 3.37. The molecule has 0 aliphatic carbocycles. The first kappa shape index (κ1) is 16.6. The average molecular weight is 276 g/mol. The van der Waals surface area contributed by atoms with Crippen LogP contribution in [-0.2, 0) is 4.74 Å². The maximum Gasteiger partial charge on any atom is 0.273 e. The minimum absolute atomic E-state index is 0. The van der Waals surface area contributed by atoms with Gasteiger partial charge in [-0.15, -0.1) is 12.4 Å². The highest BCUT2D eigenvalue weighted by atomic mass is 35.5. The van der Waals surface area contributed by atoms with Gasteiger partial charge in [-0.1, -0.05) is 0 Å². The van der Waals surface area contributed by atoms with Crippen LogP contribution in [0, 0.1) is 0 Å². The lowest BCUT2D eigenvalue weighted by Crippen LogP contribution is -2.33. The van der Waals surface area contributed by atoms with E-state index in [1.807, 2.05) is 0 Å². The number of hydrogen-bond donors (Lipinski definition) is 3. The maximum atomic E-state index is 11.6. The zero-order valence-corrected chi connectivity index (χ0v) is 11.0. The lowest BCUT2D eigenvalue weighted by Gasteiger charge is -2.06. The summed E-state index contributed by atoms with van der Waals surface area (Å²) in [5.41, 5.74) is 0.0457. The van der Waals surface area contributed by atoms with Gasteiger partial charge in [0.25, 0.3) is 5.91 Å². The molecule has 0 aliphatic heterocycles. The first-order chi connectivity index (χ1) is 8.25. The minimum atomic E-state index is -0.378. The molecule has 1 aromatic heterocycles. The Morgan fingerprint density at radius 2 is 2.22 bits per heavy atom. The summed E-state index contributed by atoms with van der Waals surface area (Å²) in [6.07, 6.45) is 1.46. The number of pyridine rings is 1. The van der Waals surface area contributed by atoms with Crippen LogP contribution in [0.15, 0.2) is 18.3 Å². The summed E-state index contributed by atoms with van der Waals surface area (Å²) in [7, 11) is 1.63. The summed E-state index contributed by atoms with van der Waals surface area (Å²) in [6, 6.07) is 3.00. The monoisotopic (exact) mass is 275 g/mol. The first-order valence-corrected chi connectivity index (χ1v) is 5.37. The van der Waals surface area contributed by atoms with Gasteiger partial charge in [-0.2, -0.15) is 0 Å². The van der Waals surface area contributed by atoms with Crippen LogP contribution in [-0.4, -0.2) is 49.3 Å². The van der Waals surface area contributed by atoms with Gasteiger partial charge in [0.05, 0.1) is 6.61 Å². The number of amides is 1. The number of hydrogen-bond acceptors (Lipinski definition) is 5. The Labute approximate surface area is 112 Å². The number of carbonyl (C=O) groups is 1. The van der Waals surface area contributed by atoms with E-state index in [0.717, 1.165) is 6.54 Å². The van der Waals surface area contributed by atoms with Crippen LogP contribution in [0.4, 0.5) is 0 Å². The molecule has 0 saturated heterocycles. The molecule has 0 atom stereocenters. The summed E-state index contributed by atoms with van der Waals surface area (Å²) in [6.45, 7) is 2.48. The van der Waals surface area contributed by atoms with Crippen molar-refractivity contribution in [1.82, 2.24) is 15.6 Å². The van der Waals surface area contributed by atoms with Crippen molar-refractivity contribution in [3.8, 4) is 5.75 Å². The topological polar surface area (TPSA) is 83.5 Å². The molecule has 18 heavy (non-hydrogen) atoms. The average Bonchev–Trinajstić information content (AvgIpc) is 2.34. The fourth-order valence-electron chi connectivity index (χ4n) is 1.22. The second kappa shape index (κ2) is 9.64. The number of aromatic hydroxyl groups is 1. The molecule has 0 saturated carbocycles. The second-order valence-electron chi connectivity index (χ2n) is 3.37. The van der Waals surface area contributed by atoms with Gasteiger partial charge in [0.2, 0.25) is 0 Å². The Hall–Kier alpha value is -1.37. The molecule has 0 radical (unpaired) electrons. The van der Waals surface area contributed by atoms with Crippen LogP contribution in [0.25, 0.3) is 0 Å². The third kappa shape index (κ3) is 5.81. The highest BCUT2D eigenvalue weighted by Gasteiger charge is 2.10. The number of rotatable bonds is 7. The van der Waals surface area contributed by atoms with Crippen LogP contribution in [0.5, 0.6) is 5.75 Å². The molecule has 1 aromatic rings. The van der Waals surface area contributed by atoms with Crippen molar-refractivity contribution in [2.24, 2.45) is 0 Å². The Bertz CT molecular complexity index is 363. The van der Waals surface area contributed by atoms with Crippen LogP contribution < -0.4 is 10.6 Å². The van der Waals surface area contributed by atoms with Crippen LogP contribution >= 0.6 is 12.4 Å². The predicted molar refractivity (Wildman–Crippen MR) is 70.2 cm³/mol. The summed E-state index contributed by atoms with van der Waals surface area (Å²) < 4.78 is 4.86. The molecule has 0 spiro atoms. The zero-order valence-electron chi connectivity index (χ0n) is 10.2. The summed E-state index contributed by atoms with van der Waals surface area (Å²) in [5, 5.41) is 15.1. The molecule has 1 rings (SSSR count). The van der Waals surface area contributed by atoms with Crippen molar-refractivity contribution in [3.63, 3.8) is 0 Å². The van der Waals surface area contributed by atoms with E-state index in [1.165, 1.54) is 12.3 Å². The Morgan fingerprint density at radius 3 is 2.89 bits per heavy atom. The van der Waals surface area contributed by atoms with Gasteiger partial charge < -0.3 is 20.5 Å². The number of carbonyl (C=O) groups excluding carboxylic acids is 1. The van der Waals surface area contributed by atoms with Gasteiger partial charge in [-0.25, -0.2) is 4.98 Å². The number of ether oxygens (including phenoxy) is 1. The molecular formula is C11H18ClN3O3. The number of halogens is 1. The van der Waals surface area contributed by atoms with Gasteiger partial charge in [-0.05, 0) is 12.1 Å². The summed E-state index contributed by atoms with van der Waals surface area (Å²) in [4.78, 5) is 15.4. The normalized spacial score (nSPS) is 9.61. The van der Waals surface area contributed by atoms with Gasteiger partial charge in [0.1, 0.15) is 5.75 Å².